The van der Waals surface area contributed by atoms with Gasteiger partial charge >= 0.3 is 0 Å². The minimum absolute atomic E-state index is 0.0653. The smallest absolute Gasteiger partial charge is 0.229 e. The van der Waals surface area contributed by atoms with Crippen molar-refractivity contribution in [2.24, 2.45) is 0 Å². The Bertz CT molecular complexity index is 609. The number of anilines is 2. The first kappa shape index (κ1) is 15.7. The third-order valence-electron chi connectivity index (χ3n) is 3.45. The van der Waals surface area contributed by atoms with E-state index in [-0.39, 0.29) is 12.0 Å². The largest absolute Gasteiger partial charge is 0.368 e. The van der Waals surface area contributed by atoms with Gasteiger partial charge in [-0.3, -0.25) is 4.90 Å². The molecule has 21 heavy (non-hydrogen) atoms. The molecular weight excluding hydrogens is 284 g/mol. The van der Waals surface area contributed by atoms with E-state index in [9.17, 15) is 0 Å². The summed E-state index contributed by atoms with van der Waals surface area (Å²) < 4.78 is 0. The van der Waals surface area contributed by atoms with E-state index in [1.54, 1.807) is 11.3 Å². The molecule has 1 unspecified atom stereocenters. The van der Waals surface area contributed by atoms with Crippen LogP contribution in [0.25, 0.3) is 0 Å². The molecule has 0 amide bonds. The number of nitrogens with zero attached hydrogens (tertiary/aromatic N) is 5. The van der Waals surface area contributed by atoms with E-state index < -0.39 is 0 Å². The molecule has 2 N–H and O–H groups in total. The predicted molar refractivity (Wildman–Crippen MR) is 87.5 cm³/mol. The highest BCUT2D eigenvalue weighted by Crippen LogP contribution is 2.23. The Hall–Kier alpha value is -1.73. The summed E-state index contributed by atoms with van der Waals surface area (Å²) in [6, 6.07) is 2.21. The Kier molecular flexibility index (Phi) is 4.74. The maximum Gasteiger partial charge on any atom is 0.229 e. The number of hydrogen-bond acceptors (Lipinski definition) is 7. The predicted octanol–water partition coefficient (Wildman–Crippen LogP) is 2.08. The summed E-state index contributed by atoms with van der Waals surface area (Å²) in [6.45, 7) is 5.08. The van der Waals surface area contributed by atoms with Gasteiger partial charge in [0.05, 0.1) is 6.04 Å². The molecular formula is C14H22N6S. The number of nitrogen functional groups attached to an aromatic ring is 1. The highest BCUT2D eigenvalue weighted by molar-refractivity contribution is 7.10. The van der Waals surface area contributed by atoms with Crippen molar-refractivity contribution in [3.63, 3.8) is 0 Å². The van der Waals surface area contributed by atoms with Crippen LogP contribution < -0.4 is 10.6 Å². The third-order valence-corrected chi connectivity index (χ3v) is 4.46. The number of aryl methyl sites for hydroxylation is 1. The van der Waals surface area contributed by atoms with Gasteiger partial charge in [-0.05, 0) is 37.9 Å². The van der Waals surface area contributed by atoms with Crippen LogP contribution in [0.2, 0.25) is 0 Å². The normalized spacial score (nSPS) is 12.7. The summed E-state index contributed by atoms with van der Waals surface area (Å²) >= 11 is 1.77. The van der Waals surface area contributed by atoms with Crippen molar-refractivity contribution < 1.29 is 0 Å². The van der Waals surface area contributed by atoms with Gasteiger partial charge in [0, 0.05) is 25.5 Å². The van der Waals surface area contributed by atoms with Crippen molar-refractivity contribution in [3.05, 3.63) is 27.7 Å². The second kappa shape index (κ2) is 6.36. The Balaban J connectivity index is 2.19. The Morgan fingerprint density at radius 2 is 1.95 bits per heavy atom. The number of aromatic nitrogens is 3. The van der Waals surface area contributed by atoms with Crippen molar-refractivity contribution >= 4 is 23.2 Å². The van der Waals surface area contributed by atoms with Crippen molar-refractivity contribution in [2.75, 3.05) is 31.8 Å². The van der Waals surface area contributed by atoms with E-state index in [0.29, 0.717) is 11.8 Å². The van der Waals surface area contributed by atoms with E-state index in [4.69, 9.17) is 5.73 Å². The summed E-state index contributed by atoms with van der Waals surface area (Å²) in [5.41, 5.74) is 7.11. The highest BCUT2D eigenvalue weighted by atomic mass is 32.1. The fourth-order valence-electron chi connectivity index (χ4n) is 1.91. The molecule has 1 atom stereocenters. The quantitative estimate of drug-likeness (QED) is 0.912. The van der Waals surface area contributed by atoms with Gasteiger partial charge in [0.25, 0.3) is 0 Å². The molecule has 0 aromatic carbocycles. The number of rotatable bonds is 5. The first-order chi connectivity index (χ1) is 9.88. The van der Waals surface area contributed by atoms with Crippen LogP contribution in [0.4, 0.5) is 11.9 Å². The van der Waals surface area contributed by atoms with E-state index in [0.717, 1.165) is 6.54 Å². The fourth-order valence-corrected chi connectivity index (χ4v) is 2.88. The molecule has 114 valence electrons. The standard InChI is InChI=1S/C14H22N6S/c1-9-6-7-21-11(9)8-20(5)10(2)12-16-13(15)18-14(17-12)19(3)4/h6-7,10H,8H2,1-5H3,(H2,15,16,17,18). The Labute approximate surface area is 129 Å². The Morgan fingerprint density at radius 1 is 1.24 bits per heavy atom. The van der Waals surface area contributed by atoms with Crippen LogP contribution in [-0.2, 0) is 6.54 Å². The maximum absolute atomic E-state index is 5.79. The first-order valence-corrected chi connectivity index (χ1v) is 7.68. The molecule has 0 aliphatic carbocycles. The molecule has 2 heterocycles. The SMILES string of the molecule is Cc1ccsc1CN(C)C(C)c1nc(N)nc(N(C)C)n1. The molecule has 2 aromatic heterocycles. The van der Waals surface area contributed by atoms with Gasteiger partial charge in [-0.2, -0.15) is 15.0 Å². The summed E-state index contributed by atoms with van der Waals surface area (Å²) in [7, 11) is 5.85. The van der Waals surface area contributed by atoms with Gasteiger partial charge in [-0.25, -0.2) is 0 Å². The van der Waals surface area contributed by atoms with Crippen LogP contribution in [0.3, 0.4) is 0 Å². The topological polar surface area (TPSA) is 71.2 Å². The summed E-state index contributed by atoms with van der Waals surface area (Å²) in [4.78, 5) is 18.3. The lowest BCUT2D eigenvalue weighted by atomic mass is 10.2. The van der Waals surface area contributed by atoms with Crippen molar-refractivity contribution in [3.8, 4) is 0 Å². The minimum Gasteiger partial charge on any atom is -0.368 e. The molecule has 0 bridgehead atoms. The number of hydrogen-bond donors (Lipinski definition) is 1. The van der Waals surface area contributed by atoms with Crippen molar-refractivity contribution in [2.45, 2.75) is 26.4 Å². The molecule has 2 rings (SSSR count). The molecule has 6 nitrogen and oxygen atoms in total. The molecule has 0 radical (unpaired) electrons. The van der Waals surface area contributed by atoms with Crippen LogP contribution in [0, 0.1) is 6.92 Å². The second-order valence-corrected chi connectivity index (χ2v) is 6.36. The number of thiophene rings is 1. The van der Waals surface area contributed by atoms with Crippen LogP contribution in [0.5, 0.6) is 0 Å². The van der Waals surface area contributed by atoms with Crippen LogP contribution >= 0.6 is 11.3 Å². The maximum atomic E-state index is 5.79. The molecule has 0 spiro atoms. The van der Waals surface area contributed by atoms with Gasteiger partial charge in [-0.1, -0.05) is 0 Å². The zero-order chi connectivity index (χ0) is 15.6. The van der Waals surface area contributed by atoms with Gasteiger partial charge in [-0.15, -0.1) is 11.3 Å². The molecule has 7 heteroatoms. The van der Waals surface area contributed by atoms with Gasteiger partial charge in [0.2, 0.25) is 11.9 Å². The van der Waals surface area contributed by atoms with Crippen LogP contribution in [-0.4, -0.2) is 41.0 Å². The second-order valence-electron chi connectivity index (χ2n) is 5.36. The monoisotopic (exact) mass is 306 g/mol. The molecule has 0 fully saturated rings. The zero-order valence-electron chi connectivity index (χ0n) is 13.2. The van der Waals surface area contributed by atoms with Crippen molar-refractivity contribution in [1.29, 1.82) is 0 Å². The van der Waals surface area contributed by atoms with Crippen LogP contribution in [0.1, 0.15) is 29.2 Å². The lowest BCUT2D eigenvalue weighted by Gasteiger charge is -2.24. The summed E-state index contributed by atoms with van der Waals surface area (Å²) in [5.74, 6) is 1.55. The fraction of sp³-hybridized carbons (Fsp3) is 0.500. The van der Waals surface area contributed by atoms with E-state index >= 15 is 0 Å². The minimum atomic E-state index is 0.0653. The lowest BCUT2D eigenvalue weighted by molar-refractivity contribution is 0.245. The average Bonchev–Trinajstić information content (AvgIpc) is 2.82. The molecule has 2 aromatic rings. The molecule has 0 aliphatic heterocycles. The van der Waals surface area contributed by atoms with Crippen molar-refractivity contribution in [1.82, 2.24) is 19.9 Å². The van der Waals surface area contributed by atoms with E-state index in [1.165, 1.54) is 10.4 Å². The number of nitrogens with two attached hydrogens (primary N) is 1. The Morgan fingerprint density at radius 3 is 2.52 bits per heavy atom. The van der Waals surface area contributed by atoms with E-state index in [2.05, 4.69) is 52.2 Å². The third kappa shape index (κ3) is 3.68. The molecule has 0 saturated carbocycles. The molecule has 0 saturated heterocycles. The van der Waals surface area contributed by atoms with Gasteiger partial charge < -0.3 is 10.6 Å². The summed E-state index contributed by atoms with van der Waals surface area (Å²) in [6.07, 6.45) is 0. The van der Waals surface area contributed by atoms with Crippen LogP contribution in [0.15, 0.2) is 11.4 Å². The van der Waals surface area contributed by atoms with E-state index in [1.807, 2.05) is 19.0 Å². The first-order valence-electron chi connectivity index (χ1n) is 6.80. The highest BCUT2D eigenvalue weighted by Gasteiger charge is 2.18. The average molecular weight is 306 g/mol. The summed E-state index contributed by atoms with van der Waals surface area (Å²) in [5, 5.41) is 2.12. The van der Waals surface area contributed by atoms with Gasteiger partial charge in [0.15, 0.2) is 5.82 Å². The lowest BCUT2D eigenvalue weighted by Crippen LogP contribution is -2.25. The molecule has 0 aliphatic rings. The zero-order valence-corrected chi connectivity index (χ0v) is 14.0. The van der Waals surface area contributed by atoms with Gasteiger partial charge in [0.1, 0.15) is 0 Å².